The van der Waals surface area contributed by atoms with Crippen LogP contribution in [-0.2, 0) is 0 Å². The van der Waals surface area contributed by atoms with Crippen molar-refractivity contribution in [2.75, 3.05) is 13.1 Å². The molecule has 2 rings (SSSR count). The Morgan fingerprint density at radius 2 is 1.86 bits per heavy atom. The van der Waals surface area contributed by atoms with Crippen molar-refractivity contribution in [1.82, 2.24) is 4.90 Å². The molecule has 2 fully saturated rings. The fraction of sp³-hybridized carbons (Fsp3) is 1.00. The zero-order valence-corrected chi connectivity index (χ0v) is 8.95. The molecular weight excluding hydrogens is 178 g/mol. The molecule has 0 aromatic heterocycles. The number of piperidine rings is 1. The minimum Gasteiger partial charge on any atom is -0.391 e. The third-order valence-corrected chi connectivity index (χ3v) is 3.79. The summed E-state index contributed by atoms with van der Waals surface area (Å²) < 4.78 is 0. The molecule has 2 aliphatic rings. The van der Waals surface area contributed by atoms with Gasteiger partial charge < -0.3 is 10.2 Å². The first-order valence-electron chi connectivity index (χ1n) is 5.73. The number of aliphatic hydroxyl groups is 2. The molecule has 3 nitrogen and oxygen atoms in total. The molecular formula is C11H21NO2. The molecule has 0 radical (unpaired) electrons. The molecule has 2 atom stereocenters. The van der Waals surface area contributed by atoms with Crippen molar-refractivity contribution in [2.24, 2.45) is 0 Å². The third kappa shape index (κ3) is 2.10. The van der Waals surface area contributed by atoms with Crippen molar-refractivity contribution in [2.45, 2.75) is 56.8 Å². The maximum atomic E-state index is 9.81. The summed E-state index contributed by atoms with van der Waals surface area (Å²) in [5.74, 6) is 0. The van der Waals surface area contributed by atoms with Gasteiger partial charge in [-0.1, -0.05) is 0 Å². The predicted octanol–water partition coefficient (Wildman–Crippen LogP) is 0.747. The lowest BCUT2D eigenvalue weighted by Gasteiger charge is -2.39. The Morgan fingerprint density at radius 1 is 1.21 bits per heavy atom. The fourth-order valence-corrected chi connectivity index (χ4v) is 2.68. The van der Waals surface area contributed by atoms with E-state index in [0.717, 1.165) is 45.2 Å². The summed E-state index contributed by atoms with van der Waals surface area (Å²) in [5.41, 5.74) is -0.472. The SMILES string of the molecule is CC1(O)CCN([C@@H]2CCC[C@H]2O)CC1. The van der Waals surface area contributed by atoms with Crippen molar-refractivity contribution in [3.05, 3.63) is 0 Å². The molecule has 1 heterocycles. The van der Waals surface area contributed by atoms with E-state index in [-0.39, 0.29) is 6.10 Å². The minimum absolute atomic E-state index is 0.127. The Morgan fingerprint density at radius 3 is 2.36 bits per heavy atom. The van der Waals surface area contributed by atoms with Gasteiger partial charge in [0, 0.05) is 19.1 Å². The molecule has 0 spiro atoms. The van der Waals surface area contributed by atoms with Crippen LogP contribution in [0.15, 0.2) is 0 Å². The van der Waals surface area contributed by atoms with E-state index >= 15 is 0 Å². The monoisotopic (exact) mass is 199 g/mol. The second kappa shape index (κ2) is 3.80. The van der Waals surface area contributed by atoms with Crippen LogP contribution in [0.1, 0.15) is 39.0 Å². The molecule has 1 aliphatic heterocycles. The molecule has 1 saturated carbocycles. The quantitative estimate of drug-likeness (QED) is 0.655. The Balaban J connectivity index is 1.89. The second-order valence-corrected chi connectivity index (χ2v) is 5.10. The van der Waals surface area contributed by atoms with Crippen molar-refractivity contribution in [1.29, 1.82) is 0 Å². The van der Waals surface area contributed by atoms with E-state index in [1.807, 2.05) is 6.92 Å². The third-order valence-electron chi connectivity index (χ3n) is 3.79. The summed E-state index contributed by atoms with van der Waals surface area (Å²) in [6.07, 6.45) is 4.80. The van der Waals surface area contributed by atoms with Gasteiger partial charge in [0.1, 0.15) is 0 Å². The first-order chi connectivity index (χ1) is 6.58. The fourth-order valence-electron chi connectivity index (χ4n) is 2.68. The van der Waals surface area contributed by atoms with Crippen LogP contribution in [0, 0.1) is 0 Å². The minimum atomic E-state index is -0.472. The highest BCUT2D eigenvalue weighted by molar-refractivity contribution is 4.90. The Bertz CT molecular complexity index is 195. The largest absolute Gasteiger partial charge is 0.391 e. The first-order valence-corrected chi connectivity index (χ1v) is 5.73. The van der Waals surface area contributed by atoms with Crippen molar-refractivity contribution in [3.8, 4) is 0 Å². The van der Waals surface area contributed by atoms with E-state index in [9.17, 15) is 10.2 Å². The van der Waals surface area contributed by atoms with Gasteiger partial charge in [-0.15, -0.1) is 0 Å². The number of hydrogen-bond donors (Lipinski definition) is 2. The zero-order chi connectivity index (χ0) is 10.2. The van der Waals surface area contributed by atoms with Crippen LogP contribution in [0.5, 0.6) is 0 Å². The van der Waals surface area contributed by atoms with Crippen molar-refractivity contribution in [3.63, 3.8) is 0 Å². The van der Waals surface area contributed by atoms with Gasteiger partial charge in [-0.25, -0.2) is 0 Å². The van der Waals surface area contributed by atoms with Gasteiger partial charge in [0.05, 0.1) is 11.7 Å². The Labute approximate surface area is 85.7 Å². The summed E-state index contributed by atoms with van der Waals surface area (Å²) in [4.78, 5) is 2.36. The standard InChI is InChI=1S/C11H21NO2/c1-11(14)5-7-12(8-6-11)9-3-2-4-10(9)13/h9-10,13-14H,2-8H2,1H3/t9-,10-/m1/s1. The summed E-state index contributed by atoms with van der Waals surface area (Å²) in [7, 11) is 0. The smallest absolute Gasteiger partial charge is 0.0695 e. The first kappa shape index (κ1) is 10.4. The molecule has 14 heavy (non-hydrogen) atoms. The van der Waals surface area contributed by atoms with E-state index in [2.05, 4.69) is 4.90 Å². The number of rotatable bonds is 1. The maximum absolute atomic E-state index is 9.81. The summed E-state index contributed by atoms with van der Waals surface area (Å²) >= 11 is 0. The molecule has 3 heteroatoms. The van der Waals surface area contributed by atoms with E-state index in [0.29, 0.717) is 6.04 Å². The summed E-state index contributed by atoms with van der Waals surface area (Å²) in [6, 6.07) is 0.367. The van der Waals surface area contributed by atoms with Crippen molar-refractivity contribution >= 4 is 0 Å². The lowest BCUT2D eigenvalue weighted by atomic mass is 9.92. The van der Waals surface area contributed by atoms with Crippen molar-refractivity contribution < 1.29 is 10.2 Å². The number of hydrogen-bond acceptors (Lipinski definition) is 3. The average molecular weight is 199 g/mol. The molecule has 0 bridgehead atoms. The second-order valence-electron chi connectivity index (χ2n) is 5.10. The number of aliphatic hydroxyl groups excluding tert-OH is 1. The Kier molecular flexibility index (Phi) is 2.82. The maximum Gasteiger partial charge on any atom is 0.0695 e. The lowest BCUT2D eigenvalue weighted by Crippen LogP contribution is -2.49. The predicted molar refractivity (Wildman–Crippen MR) is 55.1 cm³/mol. The molecule has 1 saturated heterocycles. The number of nitrogens with zero attached hydrogens (tertiary/aromatic N) is 1. The van der Waals surface area contributed by atoms with Crippen LogP contribution < -0.4 is 0 Å². The normalized spacial score (nSPS) is 38.8. The number of likely N-dealkylation sites (tertiary alicyclic amines) is 1. The van der Waals surface area contributed by atoms with Crippen LogP contribution in [0.3, 0.4) is 0 Å². The van der Waals surface area contributed by atoms with Crippen LogP contribution in [-0.4, -0.2) is 45.9 Å². The average Bonchev–Trinajstić information content (AvgIpc) is 2.52. The van der Waals surface area contributed by atoms with E-state index in [4.69, 9.17) is 0 Å². The van der Waals surface area contributed by atoms with Crippen LogP contribution >= 0.6 is 0 Å². The van der Waals surface area contributed by atoms with E-state index in [1.165, 1.54) is 0 Å². The highest BCUT2D eigenvalue weighted by Crippen LogP contribution is 2.29. The molecule has 2 N–H and O–H groups in total. The van der Waals surface area contributed by atoms with Gasteiger partial charge in [-0.2, -0.15) is 0 Å². The lowest BCUT2D eigenvalue weighted by molar-refractivity contribution is -0.0316. The molecule has 0 aromatic rings. The molecule has 0 unspecified atom stereocenters. The van der Waals surface area contributed by atoms with Crippen LogP contribution in [0.4, 0.5) is 0 Å². The molecule has 1 aliphatic carbocycles. The van der Waals surface area contributed by atoms with Crippen LogP contribution in [0.25, 0.3) is 0 Å². The molecule has 0 aromatic carbocycles. The van der Waals surface area contributed by atoms with Gasteiger partial charge in [0.15, 0.2) is 0 Å². The van der Waals surface area contributed by atoms with E-state index in [1.54, 1.807) is 0 Å². The van der Waals surface area contributed by atoms with Gasteiger partial charge >= 0.3 is 0 Å². The highest BCUT2D eigenvalue weighted by atomic mass is 16.3. The van der Waals surface area contributed by atoms with Gasteiger partial charge in [0.2, 0.25) is 0 Å². The molecule has 82 valence electrons. The zero-order valence-electron chi connectivity index (χ0n) is 8.95. The highest BCUT2D eigenvalue weighted by Gasteiger charge is 2.35. The molecule has 0 amide bonds. The van der Waals surface area contributed by atoms with Gasteiger partial charge in [0.25, 0.3) is 0 Å². The van der Waals surface area contributed by atoms with E-state index < -0.39 is 5.60 Å². The summed E-state index contributed by atoms with van der Waals surface area (Å²) in [5, 5.41) is 19.6. The van der Waals surface area contributed by atoms with Gasteiger partial charge in [-0.3, -0.25) is 4.90 Å². The van der Waals surface area contributed by atoms with Gasteiger partial charge in [-0.05, 0) is 39.0 Å². The Hall–Kier alpha value is -0.120. The summed E-state index contributed by atoms with van der Waals surface area (Å²) in [6.45, 7) is 3.79. The van der Waals surface area contributed by atoms with Crippen LogP contribution in [0.2, 0.25) is 0 Å². The topological polar surface area (TPSA) is 43.7 Å².